The topological polar surface area (TPSA) is 69.7 Å². The van der Waals surface area contributed by atoms with Crippen LogP contribution >= 0.6 is 0 Å². The molecule has 1 aliphatic heterocycles. The predicted molar refractivity (Wildman–Crippen MR) is 97.7 cm³/mol. The zero-order valence-corrected chi connectivity index (χ0v) is 14.2. The predicted octanol–water partition coefficient (Wildman–Crippen LogP) is 2.08. The van der Waals surface area contributed by atoms with Gasteiger partial charge in [-0.05, 0) is 36.8 Å². The highest BCUT2D eigenvalue weighted by molar-refractivity contribution is 5.82. The van der Waals surface area contributed by atoms with Crippen LogP contribution in [0, 0.1) is 0 Å². The molecule has 0 radical (unpaired) electrons. The summed E-state index contributed by atoms with van der Waals surface area (Å²) in [6.07, 6.45) is 7.92. The molecule has 0 unspecified atom stereocenters. The van der Waals surface area contributed by atoms with Gasteiger partial charge in [0.05, 0.1) is 6.33 Å². The van der Waals surface area contributed by atoms with Gasteiger partial charge in [-0.25, -0.2) is 15.0 Å². The van der Waals surface area contributed by atoms with Crippen LogP contribution in [0.5, 0.6) is 0 Å². The number of imidazole rings is 1. The van der Waals surface area contributed by atoms with Crippen molar-refractivity contribution in [1.29, 1.82) is 0 Å². The van der Waals surface area contributed by atoms with Crippen LogP contribution in [0.25, 0.3) is 11.2 Å². The van der Waals surface area contributed by atoms with Crippen LogP contribution < -0.4 is 10.2 Å². The Labute approximate surface area is 146 Å². The molecule has 1 fully saturated rings. The van der Waals surface area contributed by atoms with E-state index in [2.05, 4.69) is 54.4 Å². The first-order valence-corrected chi connectivity index (χ1v) is 9.08. The van der Waals surface area contributed by atoms with Crippen molar-refractivity contribution in [2.24, 2.45) is 0 Å². The fraction of sp³-hybridized carbons (Fsp3) is 0.421. The Hall–Kier alpha value is -2.47. The fourth-order valence-corrected chi connectivity index (χ4v) is 4.26. The quantitative estimate of drug-likeness (QED) is 0.767. The lowest BCUT2D eigenvalue weighted by Gasteiger charge is -2.34. The van der Waals surface area contributed by atoms with E-state index in [4.69, 9.17) is 0 Å². The van der Waals surface area contributed by atoms with Crippen LogP contribution in [0.3, 0.4) is 0 Å². The summed E-state index contributed by atoms with van der Waals surface area (Å²) in [7, 11) is 0. The zero-order valence-electron chi connectivity index (χ0n) is 14.2. The van der Waals surface area contributed by atoms with Crippen molar-refractivity contribution in [3.8, 4) is 0 Å². The maximum absolute atomic E-state index is 4.48. The van der Waals surface area contributed by atoms with E-state index in [1.165, 1.54) is 11.1 Å². The molecule has 2 N–H and O–H groups in total. The van der Waals surface area contributed by atoms with Crippen molar-refractivity contribution in [2.45, 2.75) is 37.8 Å². The summed E-state index contributed by atoms with van der Waals surface area (Å²) >= 11 is 0. The number of nitrogens with zero attached hydrogens (tertiary/aromatic N) is 4. The van der Waals surface area contributed by atoms with E-state index in [0.29, 0.717) is 12.1 Å². The van der Waals surface area contributed by atoms with Crippen LogP contribution in [-0.4, -0.2) is 45.1 Å². The molecule has 0 atom stereocenters. The molecule has 1 saturated heterocycles. The van der Waals surface area contributed by atoms with Crippen LogP contribution in [-0.2, 0) is 12.8 Å². The number of hydrogen-bond donors (Lipinski definition) is 2. The third-order valence-corrected chi connectivity index (χ3v) is 5.52. The molecular weight excluding hydrogens is 312 g/mol. The first-order chi connectivity index (χ1) is 12.4. The van der Waals surface area contributed by atoms with Crippen LogP contribution in [0.2, 0.25) is 0 Å². The molecule has 2 aliphatic rings. The number of aromatic amines is 1. The first-order valence-electron chi connectivity index (χ1n) is 9.08. The Morgan fingerprint density at radius 3 is 2.48 bits per heavy atom. The van der Waals surface area contributed by atoms with Gasteiger partial charge in [0.25, 0.3) is 0 Å². The molecule has 5 rings (SSSR count). The molecule has 3 aromatic rings. The van der Waals surface area contributed by atoms with Crippen molar-refractivity contribution in [1.82, 2.24) is 25.3 Å². The molecule has 25 heavy (non-hydrogen) atoms. The SMILES string of the molecule is c1ccc2c(c1)CC(NC1CCN(c3ncnc4nc[nH]c34)CC1)C2. The molecule has 0 spiro atoms. The second-order valence-electron chi connectivity index (χ2n) is 7.10. The van der Waals surface area contributed by atoms with E-state index in [9.17, 15) is 0 Å². The number of piperidine rings is 1. The average molecular weight is 334 g/mol. The van der Waals surface area contributed by atoms with Gasteiger partial charge in [-0.2, -0.15) is 0 Å². The monoisotopic (exact) mass is 334 g/mol. The van der Waals surface area contributed by atoms with E-state index < -0.39 is 0 Å². The van der Waals surface area contributed by atoms with Gasteiger partial charge < -0.3 is 15.2 Å². The molecule has 128 valence electrons. The van der Waals surface area contributed by atoms with Gasteiger partial charge in [0.15, 0.2) is 11.5 Å². The molecule has 1 aliphatic carbocycles. The molecule has 0 bridgehead atoms. The largest absolute Gasteiger partial charge is 0.355 e. The van der Waals surface area contributed by atoms with Crippen LogP contribution in [0.15, 0.2) is 36.9 Å². The maximum atomic E-state index is 4.48. The zero-order chi connectivity index (χ0) is 16.6. The Morgan fingerprint density at radius 2 is 1.72 bits per heavy atom. The average Bonchev–Trinajstić information content (AvgIpc) is 3.28. The smallest absolute Gasteiger partial charge is 0.182 e. The highest BCUT2D eigenvalue weighted by atomic mass is 15.2. The van der Waals surface area contributed by atoms with Crippen molar-refractivity contribution >= 4 is 17.0 Å². The number of benzene rings is 1. The summed E-state index contributed by atoms with van der Waals surface area (Å²) in [6, 6.07) is 10.0. The van der Waals surface area contributed by atoms with E-state index in [-0.39, 0.29) is 0 Å². The minimum atomic E-state index is 0.590. The number of rotatable bonds is 3. The number of aromatic nitrogens is 4. The third kappa shape index (κ3) is 2.76. The summed E-state index contributed by atoms with van der Waals surface area (Å²) < 4.78 is 0. The molecular formula is C19H22N6. The van der Waals surface area contributed by atoms with E-state index in [0.717, 1.165) is 55.8 Å². The lowest BCUT2D eigenvalue weighted by atomic mass is 10.0. The molecule has 3 heterocycles. The number of anilines is 1. The summed E-state index contributed by atoms with van der Waals surface area (Å²) in [5, 5.41) is 3.89. The van der Waals surface area contributed by atoms with Crippen LogP contribution in [0.4, 0.5) is 5.82 Å². The maximum Gasteiger partial charge on any atom is 0.182 e. The molecule has 6 nitrogen and oxygen atoms in total. The van der Waals surface area contributed by atoms with E-state index >= 15 is 0 Å². The highest BCUT2D eigenvalue weighted by Crippen LogP contribution is 2.26. The second-order valence-corrected chi connectivity index (χ2v) is 7.10. The summed E-state index contributed by atoms with van der Waals surface area (Å²) in [5.74, 6) is 0.981. The van der Waals surface area contributed by atoms with E-state index in [1.807, 2.05) is 0 Å². The lowest BCUT2D eigenvalue weighted by Crippen LogP contribution is -2.46. The molecule has 1 aromatic carbocycles. The number of hydrogen-bond acceptors (Lipinski definition) is 5. The number of nitrogens with one attached hydrogen (secondary N) is 2. The standard InChI is InChI=1S/C19H22N6/c1-2-4-14-10-16(9-13(14)3-1)24-15-5-7-25(8-6-15)19-17-18(21-11-20-17)22-12-23-19/h1-4,11-12,15-16,24H,5-10H2,(H,20,21,22,23). The van der Waals surface area contributed by atoms with Gasteiger partial charge in [0, 0.05) is 25.2 Å². The van der Waals surface area contributed by atoms with Gasteiger partial charge in [-0.1, -0.05) is 24.3 Å². The van der Waals surface area contributed by atoms with Crippen molar-refractivity contribution in [3.05, 3.63) is 48.0 Å². The molecule has 0 amide bonds. The molecule has 2 aromatic heterocycles. The van der Waals surface area contributed by atoms with Gasteiger partial charge in [-0.15, -0.1) is 0 Å². The third-order valence-electron chi connectivity index (χ3n) is 5.52. The Bertz CT molecular complexity index is 855. The van der Waals surface area contributed by atoms with Crippen LogP contribution in [0.1, 0.15) is 24.0 Å². The van der Waals surface area contributed by atoms with E-state index in [1.54, 1.807) is 12.7 Å². The highest BCUT2D eigenvalue weighted by Gasteiger charge is 2.27. The fourth-order valence-electron chi connectivity index (χ4n) is 4.26. The number of H-pyrrole nitrogens is 1. The Balaban J connectivity index is 1.22. The Kier molecular flexibility index (Phi) is 3.63. The summed E-state index contributed by atoms with van der Waals surface area (Å²) in [5.41, 5.74) is 4.72. The van der Waals surface area contributed by atoms with Gasteiger partial charge in [0.2, 0.25) is 0 Å². The molecule has 0 saturated carbocycles. The second kappa shape index (κ2) is 6.11. The Morgan fingerprint density at radius 1 is 0.960 bits per heavy atom. The van der Waals surface area contributed by atoms with Gasteiger partial charge in [0.1, 0.15) is 11.8 Å². The van der Waals surface area contributed by atoms with Gasteiger partial charge >= 0.3 is 0 Å². The van der Waals surface area contributed by atoms with Crippen molar-refractivity contribution in [2.75, 3.05) is 18.0 Å². The number of fused-ring (bicyclic) bond motifs is 2. The lowest BCUT2D eigenvalue weighted by molar-refractivity contribution is 0.370. The molecule has 6 heteroatoms. The summed E-state index contributed by atoms with van der Waals surface area (Å²) in [6.45, 7) is 2.03. The normalized spacial score (nSPS) is 18.8. The minimum Gasteiger partial charge on any atom is -0.355 e. The minimum absolute atomic E-state index is 0.590. The van der Waals surface area contributed by atoms with Crippen molar-refractivity contribution < 1.29 is 0 Å². The first kappa shape index (κ1) is 14.8. The summed E-state index contributed by atoms with van der Waals surface area (Å²) in [4.78, 5) is 18.4. The van der Waals surface area contributed by atoms with Gasteiger partial charge in [-0.3, -0.25) is 0 Å². The van der Waals surface area contributed by atoms with Crippen molar-refractivity contribution in [3.63, 3.8) is 0 Å².